The number of benzene rings is 2. The van der Waals surface area contributed by atoms with Crippen LogP contribution in [0.2, 0.25) is 0 Å². The van der Waals surface area contributed by atoms with Crippen molar-refractivity contribution in [3.05, 3.63) is 42.0 Å². The third-order valence-electron chi connectivity index (χ3n) is 3.23. The summed E-state index contributed by atoms with van der Waals surface area (Å²) in [6.45, 7) is 4.04. The smallest absolute Gasteiger partial charge is 0.154 e. The summed E-state index contributed by atoms with van der Waals surface area (Å²) in [5.74, 6) is 0.647. The van der Waals surface area contributed by atoms with E-state index in [4.69, 9.17) is 4.74 Å². The van der Waals surface area contributed by atoms with Crippen molar-refractivity contribution in [3.63, 3.8) is 0 Å². The van der Waals surface area contributed by atoms with Gasteiger partial charge in [-0.3, -0.25) is 4.79 Å². The van der Waals surface area contributed by atoms with Gasteiger partial charge >= 0.3 is 0 Å². The molecule has 0 saturated heterocycles. The van der Waals surface area contributed by atoms with Gasteiger partial charge in [0.15, 0.2) is 6.29 Å². The van der Waals surface area contributed by atoms with Crippen molar-refractivity contribution in [1.29, 1.82) is 0 Å². The lowest BCUT2D eigenvalue weighted by atomic mass is 10.0. The van der Waals surface area contributed by atoms with Crippen LogP contribution >= 0.6 is 0 Å². The van der Waals surface area contributed by atoms with Gasteiger partial charge in [0.25, 0.3) is 0 Å². The maximum Gasteiger partial charge on any atom is 0.154 e. The predicted octanol–water partition coefficient (Wildman–Crippen LogP) is 3.05. The molecule has 0 saturated carbocycles. The monoisotopic (exact) mass is 258 g/mol. The molecule has 2 aromatic carbocycles. The highest BCUT2D eigenvalue weighted by molar-refractivity contribution is 6.00. The van der Waals surface area contributed by atoms with Gasteiger partial charge in [-0.25, -0.2) is 0 Å². The Hall–Kier alpha value is -1.87. The van der Waals surface area contributed by atoms with Crippen LogP contribution in [0.25, 0.3) is 10.8 Å². The summed E-state index contributed by atoms with van der Waals surface area (Å²) >= 11 is 0. The van der Waals surface area contributed by atoms with Gasteiger partial charge in [0, 0.05) is 0 Å². The summed E-state index contributed by atoms with van der Waals surface area (Å²) < 4.78 is 5.58. The first-order valence-corrected chi connectivity index (χ1v) is 6.41. The summed E-state index contributed by atoms with van der Waals surface area (Å²) in [6.07, 6.45) is 0.269. The van der Waals surface area contributed by atoms with E-state index in [0.717, 1.165) is 17.1 Å². The largest absolute Gasteiger partial charge is 0.490 e. The van der Waals surface area contributed by atoms with Crippen molar-refractivity contribution in [2.45, 2.75) is 20.0 Å². The van der Waals surface area contributed by atoms with Crippen LogP contribution in [0.1, 0.15) is 24.2 Å². The van der Waals surface area contributed by atoms with E-state index in [1.807, 2.05) is 44.2 Å². The Bertz CT molecular complexity index is 575. The lowest BCUT2D eigenvalue weighted by molar-refractivity contribution is 0.0696. The molecule has 1 atom stereocenters. The van der Waals surface area contributed by atoms with Crippen LogP contribution in [0, 0.1) is 5.92 Å². The van der Waals surface area contributed by atoms with Gasteiger partial charge in [-0.1, -0.05) is 44.2 Å². The molecule has 0 aliphatic rings. The Kier molecular flexibility index (Phi) is 4.17. The van der Waals surface area contributed by atoms with E-state index in [0.29, 0.717) is 11.3 Å². The van der Waals surface area contributed by atoms with E-state index in [1.54, 1.807) is 6.07 Å². The number of aldehydes is 1. The minimum absolute atomic E-state index is 0.125. The van der Waals surface area contributed by atoms with E-state index >= 15 is 0 Å². The zero-order valence-electron chi connectivity index (χ0n) is 11.2. The van der Waals surface area contributed by atoms with Gasteiger partial charge in [0.1, 0.15) is 12.4 Å². The summed E-state index contributed by atoms with van der Waals surface area (Å²) in [4.78, 5) is 11.3. The molecule has 3 heteroatoms. The molecule has 0 heterocycles. The lowest BCUT2D eigenvalue weighted by Crippen LogP contribution is -2.23. The molecular formula is C16H18O3. The molecule has 19 heavy (non-hydrogen) atoms. The zero-order chi connectivity index (χ0) is 13.8. The molecule has 1 unspecified atom stereocenters. The van der Waals surface area contributed by atoms with Crippen molar-refractivity contribution in [1.82, 2.24) is 0 Å². The van der Waals surface area contributed by atoms with Crippen molar-refractivity contribution < 1.29 is 14.6 Å². The fraction of sp³-hybridized carbons (Fsp3) is 0.312. The number of hydrogen-bond acceptors (Lipinski definition) is 3. The number of fused-ring (bicyclic) bond motifs is 1. The third kappa shape index (κ3) is 2.93. The number of ether oxygens (including phenoxy) is 1. The molecule has 3 nitrogen and oxygen atoms in total. The number of rotatable bonds is 5. The summed E-state index contributed by atoms with van der Waals surface area (Å²) in [5, 5.41) is 11.6. The number of aliphatic hydroxyl groups excluding tert-OH is 1. The molecule has 0 fully saturated rings. The Labute approximate surface area is 112 Å². The molecule has 0 aromatic heterocycles. The average molecular weight is 258 g/mol. The highest BCUT2D eigenvalue weighted by Gasteiger charge is 2.12. The van der Waals surface area contributed by atoms with Crippen LogP contribution in [0.4, 0.5) is 0 Å². The minimum atomic E-state index is -0.536. The first kappa shape index (κ1) is 13.6. The van der Waals surface area contributed by atoms with E-state index in [2.05, 4.69) is 0 Å². The Morgan fingerprint density at radius 3 is 2.63 bits per heavy atom. The van der Waals surface area contributed by atoms with E-state index < -0.39 is 6.10 Å². The van der Waals surface area contributed by atoms with Gasteiger partial charge in [-0.15, -0.1) is 0 Å². The molecule has 0 amide bonds. The van der Waals surface area contributed by atoms with E-state index in [9.17, 15) is 9.90 Å². The lowest BCUT2D eigenvalue weighted by Gasteiger charge is -2.16. The molecule has 0 spiro atoms. The van der Waals surface area contributed by atoms with Crippen molar-refractivity contribution in [2.24, 2.45) is 5.92 Å². The second-order valence-electron chi connectivity index (χ2n) is 4.94. The Balaban J connectivity index is 2.30. The van der Waals surface area contributed by atoms with E-state index in [1.165, 1.54) is 0 Å². The summed E-state index contributed by atoms with van der Waals surface area (Å²) in [5.41, 5.74) is 0.536. The molecule has 0 aliphatic carbocycles. The van der Waals surface area contributed by atoms with Crippen LogP contribution in [-0.4, -0.2) is 24.1 Å². The first-order chi connectivity index (χ1) is 9.13. The second kappa shape index (κ2) is 5.85. The SMILES string of the molecule is CC(C)C(O)COc1ccc2ccccc2c1C=O. The van der Waals surface area contributed by atoms with Crippen LogP contribution in [0.5, 0.6) is 5.75 Å². The van der Waals surface area contributed by atoms with Gasteiger partial charge in [0.2, 0.25) is 0 Å². The molecule has 0 radical (unpaired) electrons. The number of carbonyl (C=O) groups excluding carboxylic acids is 1. The fourth-order valence-corrected chi connectivity index (χ4v) is 1.89. The summed E-state index contributed by atoms with van der Waals surface area (Å²) in [6, 6.07) is 11.4. The maximum absolute atomic E-state index is 11.3. The van der Waals surface area contributed by atoms with Crippen LogP contribution in [-0.2, 0) is 0 Å². The molecular weight excluding hydrogens is 240 g/mol. The molecule has 100 valence electrons. The summed E-state index contributed by atoms with van der Waals surface area (Å²) in [7, 11) is 0. The first-order valence-electron chi connectivity index (χ1n) is 6.41. The standard InChI is InChI=1S/C16H18O3/c1-11(2)15(18)10-19-16-8-7-12-5-3-4-6-13(12)14(16)9-17/h3-9,11,15,18H,10H2,1-2H3. The van der Waals surface area contributed by atoms with Crippen molar-refractivity contribution in [2.75, 3.05) is 6.61 Å². The second-order valence-corrected chi connectivity index (χ2v) is 4.94. The van der Waals surface area contributed by atoms with Gasteiger partial charge in [-0.2, -0.15) is 0 Å². The minimum Gasteiger partial charge on any atom is -0.490 e. The van der Waals surface area contributed by atoms with Crippen molar-refractivity contribution >= 4 is 17.1 Å². The molecule has 2 rings (SSSR count). The van der Waals surface area contributed by atoms with Crippen LogP contribution in [0.15, 0.2) is 36.4 Å². The highest BCUT2D eigenvalue weighted by Crippen LogP contribution is 2.26. The molecule has 0 bridgehead atoms. The van der Waals surface area contributed by atoms with Gasteiger partial charge in [0.05, 0.1) is 11.7 Å². The van der Waals surface area contributed by atoms with Crippen LogP contribution < -0.4 is 4.74 Å². The topological polar surface area (TPSA) is 46.5 Å². The number of hydrogen-bond donors (Lipinski definition) is 1. The molecule has 0 aliphatic heterocycles. The van der Waals surface area contributed by atoms with E-state index in [-0.39, 0.29) is 12.5 Å². The average Bonchev–Trinajstić information content (AvgIpc) is 2.43. The van der Waals surface area contributed by atoms with Gasteiger partial charge < -0.3 is 9.84 Å². The van der Waals surface area contributed by atoms with Crippen molar-refractivity contribution in [3.8, 4) is 5.75 Å². The maximum atomic E-state index is 11.3. The van der Waals surface area contributed by atoms with Gasteiger partial charge in [-0.05, 0) is 22.8 Å². The number of aliphatic hydroxyl groups is 1. The molecule has 1 N–H and O–H groups in total. The predicted molar refractivity (Wildman–Crippen MR) is 75.7 cm³/mol. The number of carbonyl (C=O) groups is 1. The normalized spacial score (nSPS) is 12.6. The molecule has 2 aromatic rings. The zero-order valence-corrected chi connectivity index (χ0v) is 11.2. The fourth-order valence-electron chi connectivity index (χ4n) is 1.89. The Morgan fingerprint density at radius 1 is 1.21 bits per heavy atom. The third-order valence-corrected chi connectivity index (χ3v) is 3.23. The highest BCUT2D eigenvalue weighted by atomic mass is 16.5. The quantitative estimate of drug-likeness (QED) is 0.838. The van der Waals surface area contributed by atoms with Crippen LogP contribution in [0.3, 0.4) is 0 Å². The Morgan fingerprint density at radius 2 is 1.95 bits per heavy atom.